The molecule has 0 radical (unpaired) electrons. The van der Waals surface area contributed by atoms with Crippen LogP contribution in [-0.2, 0) is 38.8 Å². The molecule has 3 rings (SSSR count). The zero-order valence-electron chi connectivity index (χ0n) is 20.9. The van der Waals surface area contributed by atoms with E-state index in [9.17, 15) is 30.8 Å². The van der Waals surface area contributed by atoms with Crippen molar-refractivity contribution in [3.63, 3.8) is 0 Å². The number of nitrogens with zero attached hydrogens (tertiary/aromatic N) is 2. The number of aryl methyl sites for hydroxylation is 1. The van der Waals surface area contributed by atoms with Crippen LogP contribution in [0.1, 0.15) is 28.0 Å². The molecule has 12 heteroatoms. The van der Waals surface area contributed by atoms with Crippen LogP contribution in [0.4, 0.5) is 17.6 Å². The summed E-state index contributed by atoms with van der Waals surface area (Å²) in [7, 11) is -3.02. The average molecular weight is 573 g/mol. The summed E-state index contributed by atoms with van der Waals surface area (Å²) in [6.45, 7) is 1.63. The normalized spacial score (nSPS) is 12.2. The summed E-state index contributed by atoms with van der Waals surface area (Å²) in [5.41, 5.74) is 0.494. The van der Waals surface area contributed by atoms with Crippen molar-refractivity contribution < 1.29 is 35.5 Å². The van der Waals surface area contributed by atoms with Crippen molar-refractivity contribution in [3.8, 4) is 0 Å². The number of methoxy groups -OCH3 is 1. The van der Waals surface area contributed by atoms with Crippen LogP contribution in [0.2, 0.25) is 0 Å². The van der Waals surface area contributed by atoms with Crippen LogP contribution in [-0.4, -0.2) is 50.3 Å². The molecule has 2 aromatic carbocycles. The maximum Gasteiger partial charge on any atom is 0.416 e. The molecule has 0 atom stereocenters. The van der Waals surface area contributed by atoms with Gasteiger partial charge in [-0.1, -0.05) is 18.2 Å². The average Bonchev–Trinajstić information content (AvgIpc) is 3.28. The number of sulfonamides is 1. The number of ether oxygens (including phenoxy) is 1. The van der Waals surface area contributed by atoms with E-state index in [1.165, 1.54) is 47.6 Å². The van der Waals surface area contributed by atoms with E-state index >= 15 is 0 Å². The zero-order chi connectivity index (χ0) is 27.9. The molecular weight excluding hydrogens is 544 g/mol. The monoisotopic (exact) mass is 572 g/mol. The molecule has 0 aliphatic heterocycles. The second-order valence-corrected chi connectivity index (χ2v) is 11.6. The van der Waals surface area contributed by atoms with Crippen LogP contribution in [0, 0.1) is 12.7 Å². The highest BCUT2D eigenvalue weighted by Gasteiger charge is 2.34. The SMILES string of the molecule is COCCCN(CC(=O)N(Cc1ccc(F)cc1)Cc1sccc1C)S(=O)(=O)c1cccc(C(F)(F)F)c1. The third kappa shape index (κ3) is 7.85. The van der Waals surface area contributed by atoms with Gasteiger partial charge in [-0.05, 0) is 66.2 Å². The van der Waals surface area contributed by atoms with Gasteiger partial charge in [-0.3, -0.25) is 4.79 Å². The second kappa shape index (κ2) is 12.8. The molecule has 6 nitrogen and oxygen atoms in total. The fraction of sp³-hybridized carbons (Fsp3) is 0.346. The standard InChI is InChI=1S/C26H28F4N2O4S2/c1-19-11-14-37-24(19)17-31(16-20-7-9-22(27)10-8-20)25(33)18-32(12-4-13-36-2)38(34,35)23-6-3-5-21(15-23)26(28,29)30/h3,5-11,14-15H,4,12-13,16-18H2,1-2H3. The van der Waals surface area contributed by atoms with E-state index in [2.05, 4.69) is 0 Å². The van der Waals surface area contributed by atoms with Crippen molar-refractivity contribution >= 4 is 27.3 Å². The summed E-state index contributed by atoms with van der Waals surface area (Å²) >= 11 is 1.44. The minimum Gasteiger partial charge on any atom is -0.385 e. The number of rotatable bonds is 12. The molecule has 0 unspecified atom stereocenters. The highest BCUT2D eigenvalue weighted by atomic mass is 32.2. The molecule has 0 aliphatic rings. The van der Waals surface area contributed by atoms with Crippen LogP contribution < -0.4 is 0 Å². The number of amides is 1. The lowest BCUT2D eigenvalue weighted by Crippen LogP contribution is -2.43. The van der Waals surface area contributed by atoms with Gasteiger partial charge in [0.2, 0.25) is 15.9 Å². The molecule has 0 bridgehead atoms. The number of carbonyl (C=O) groups excluding carboxylic acids is 1. The molecule has 206 valence electrons. The maximum atomic E-state index is 13.5. The van der Waals surface area contributed by atoms with Crippen LogP contribution in [0.25, 0.3) is 0 Å². The number of alkyl halides is 3. The smallest absolute Gasteiger partial charge is 0.385 e. The Morgan fingerprint density at radius 1 is 1.05 bits per heavy atom. The van der Waals surface area contributed by atoms with Gasteiger partial charge in [0.25, 0.3) is 0 Å². The summed E-state index contributed by atoms with van der Waals surface area (Å²) < 4.78 is 86.0. The number of hydrogen-bond acceptors (Lipinski definition) is 5. The van der Waals surface area contributed by atoms with Crippen LogP contribution >= 0.6 is 11.3 Å². The van der Waals surface area contributed by atoms with Crippen molar-refractivity contribution in [2.24, 2.45) is 0 Å². The fourth-order valence-electron chi connectivity index (χ4n) is 3.68. The van der Waals surface area contributed by atoms with Crippen molar-refractivity contribution in [1.29, 1.82) is 0 Å². The highest BCUT2D eigenvalue weighted by Crippen LogP contribution is 2.31. The molecule has 3 aromatic rings. The van der Waals surface area contributed by atoms with Crippen LogP contribution in [0.15, 0.2) is 64.9 Å². The van der Waals surface area contributed by atoms with Gasteiger partial charge < -0.3 is 9.64 Å². The Hall–Kier alpha value is -2.80. The van der Waals surface area contributed by atoms with E-state index in [1.54, 1.807) is 0 Å². The molecule has 1 amide bonds. The number of halogens is 4. The lowest BCUT2D eigenvalue weighted by atomic mass is 10.2. The van der Waals surface area contributed by atoms with Gasteiger partial charge in [-0.15, -0.1) is 11.3 Å². The molecule has 38 heavy (non-hydrogen) atoms. The Kier molecular flexibility index (Phi) is 10.0. The third-order valence-electron chi connectivity index (χ3n) is 5.81. The van der Waals surface area contributed by atoms with E-state index in [0.29, 0.717) is 11.6 Å². The first-order chi connectivity index (χ1) is 17.9. The molecule has 0 saturated carbocycles. The predicted octanol–water partition coefficient (Wildman–Crippen LogP) is 5.47. The van der Waals surface area contributed by atoms with Gasteiger partial charge in [0.05, 0.1) is 23.5 Å². The van der Waals surface area contributed by atoms with Gasteiger partial charge in [-0.25, -0.2) is 12.8 Å². The molecule has 0 fully saturated rings. The van der Waals surface area contributed by atoms with Crippen molar-refractivity contribution in [2.45, 2.75) is 37.5 Å². The molecule has 0 aliphatic carbocycles. The summed E-state index contributed by atoms with van der Waals surface area (Å²) in [6, 6.07) is 10.9. The molecule has 1 aromatic heterocycles. The molecular formula is C26H28F4N2O4S2. The topological polar surface area (TPSA) is 66.9 Å². The molecule has 0 N–H and O–H groups in total. The van der Waals surface area contributed by atoms with Crippen molar-refractivity contribution in [1.82, 2.24) is 9.21 Å². The summed E-state index contributed by atoms with van der Waals surface area (Å²) in [5, 5.41) is 1.88. The van der Waals surface area contributed by atoms with E-state index in [4.69, 9.17) is 4.74 Å². The zero-order valence-corrected chi connectivity index (χ0v) is 22.5. The summed E-state index contributed by atoms with van der Waals surface area (Å²) in [4.78, 5) is 15.3. The first kappa shape index (κ1) is 29.8. The largest absolute Gasteiger partial charge is 0.416 e. The van der Waals surface area contributed by atoms with E-state index in [-0.39, 0.29) is 32.7 Å². The number of benzene rings is 2. The molecule has 0 spiro atoms. The van der Waals surface area contributed by atoms with Gasteiger partial charge in [-0.2, -0.15) is 17.5 Å². The Labute approximate surface area is 223 Å². The summed E-state index contributed by atoms with van der Waals surface area (Å²) in [5.74, 6) is -0.979. The molecule has 0 saturated heterocycles. The van der Waals surface area contributed by atoms with Gasteiger partial charge >= 0.3 is 6.18 Å². The third-order valence-corrected chi connectivity index (χ3v) is 8.66. The van der Waals surface area contributed by atoms with Crippen molar-refractivity contribution in [3.05, 3.63) is 87.4 Å². The quantitative estimate of drug-likeness (QED) is 0.213. The number of hydrogen-bond donors (Lipinski definition) is 0. The van der Waals surface area contributed by atoms with E-state index in [1.807, 2.05) is 18.4 Å². The van der Waals surface area contributed by atoms with Gasteiger partial charge in [0.1, 0.15) is 5.82 Å². The first-order valence-electron chi connectivity index (χ1n) is 11.6. The van der Waals surface area contributed by atoms with E-state index < -0.39 is 44.9 Å². The first-order valence-corrected chi connectivity index (χ1v) is 14.0. The lowest BCUT2D eigenvalue weighted by molar-refractivity contribution is -0.137. The minimum absolute atomic E-state index is 0.0893. The lowest BCUT2D eigenvalue weighted by Gasteiger charge is -2.27. The maximum absolute atomic E-state index is 13.5. The van der Waals surface area contributed by atoms with Crippen molar-refractivity contribution in [2.75, 3.05) is 26.8 Å². The Bertz CT molecular complexity index is 1330. The van der Waals surface area contributed by atoms with Crippen LogP contribution in [0.3, 0.4) is 0 Å². The number of carbonyl (C=O) groups is 1. The Morgan fingerprint density at radius 3 is 2.37 bits per heavy atom. The highest BCUT2D eigenvalue weighted by molar-refractivity contribution is 7.89. The predicted molar refractivity (Wildman–Crippen MR) is 136 cm³/mol. The van der Waals surface area contributed by atoms with Gasteiger partial charge in [0, 0.05) is 31.7 Å². The van der Waals surface area contributed by atoms with Crippen LogP contribution in [0.5, 0.6) is 0 Å². The Morgan fingerprint density at radius 2 is 1.76 bits per heavy atom. The second-order valence-electron chi connectivity index (χ2n) is 8.61. The summed E-state index contributed by atoms with van der Waals surface area (Å²) in [6.07, 6.45) is -4.50. The Balaban J connectivity index is 1.92. The minimum atomic E-state index is -4.73. The molecule has 1 heterocycles. The fourth-order valence-corrected chi connectivity index (χ4v) is 6.08. The number of thiophene rings is 1. The van der Waals surface area contributed by atoms with E-state index in [0.717, 1.165) is 32.9 Å². The van der Waals surface area contributed by atoms with Gasteiger partial charge in [0.15, 0.2) is 0 Å².